The van der Waals surface area contributed by atoms with Gasteiger partial charge in [0.05, 0.1) is 6.61 Å². The Morgan fingerprint density at radius 1 is 0.750 bits per heavy atom. The minimum atomic E-state index is -1.08. The zero-order chi connectivity index (χ0) is 24.9. The largest absolute Gasteiger partial charge is 0.464 e. The van der Waals surface area contributed by atoms with E-state index < -0.39 is 47.2 Å². The lowest BCUT2D eigenvalue weighted by Gasteiger charge is -2.26. The van der Waals surface area contributed by atoms with Gasteiger partial charge in [-0.1, -0.05) is 26.2 Å². The molecule has 0 aromatic heterocycles. The quantitative estimate of drug-likeness (QED) is 0.260. The van der Waals surface area contributed by atoms with Gasteiger partial charge in [-0.05, 0) is 61.3 Å². The van der Waals surface area contributed by atoms with Crippen molar-refractivity contribution in [1.29, 1.82) is 0 Å². The number of hydrogen-bond acceptors (Lipinski definition) is 7. The second kappa shape index (κ2) is 14.0. The summed E-state index contributed by atoms with van der Waals surface area (Å²) in [7, 11) is 0. The van der Waals surface area contributed by atoms with E-state index >= 15 is 0 Å². The lowest BCUT2D eigenvalue weighted by atomic mass is 10.1. The van der Waals surface area contributed by atoms with Crippen molar-refractivity contribution >= 4 is 23.9 Å². The van der Waals surface area contributed by atoms with Gasteiger partial charge in [-0.25, -0.2) is 14.4 Å². The van der Waals surface area contributed by atoms with Crippen LogP contribution in [0.4, 0.5) is 4.79 Å². The van der Waals surface area contributed by atoms with Gasteiger partial charge in [-0.15, -0.1) is 0 Å². The molecule has 0 fully saturated rings. The third-order valence-electron chi connectivity index (χ3n) is 4.03. The molecule has 2 N–H and O–H groups in total. The molecule has 186 valence electrons. The Labute approximate surface area is 192 Å². The van der Waals surface area contributed by atoms with Gasteiger partial charge in [0.1, 0.15) is 23.3 Å². The van der Waals surface area contributed by atoms with Gasteiger partial charge in [0.25, 0.3) is 0 Å². The van der Waals surface area contributed by atoms with Crippen molar-refractivity contribution in [3.63, 3.8) is 0 Å². The summed E-state index contributed by atoms with van der Waals surface area (Å²) in [6.07, 6.45) is 2.96. The Balaban J connectivity index is 5.22. The van der Waals surface area contributed by atoms with Gasteiger partial charge in [0, 0.05) is 6.42 Å². The first-order chi connectivity index (χ1) is 14.7. The number of urea groups is 1. The molecule has 2 amide bonds. The van der Waals surface area contributed by atoms with E-state index in [0.717, 1.165) is 19.3 Å². The average Bonchev–Trinajstić information content (AvgIpc) is 2.61. The fraction of sp³-hybridized carbons (Fsp3) is 0.826. The van der Waals surface area contributed by atoms with Gasteiger partial charge < -0.3 is 24.8 Å². The minimum absolute atomic E-state index is 0.00282. The highest BCUT2D eigenvalue weighted by Crippen LogP contribution is 2.14. The molecule has 0 saturated carbocycles. The summed E-state index contributed by atoms with van der Waals surface area (Å²) in [5, 5.41) is 5.12. The molecule has 32 heavy (non-hydrogen) atoms. The first kappa shape index (κ1) is 29.7. The highest BCUT2D eigenvalue weighted by Gasteiger charge is 2.30. The zero-order valence-electron chi connectivity index (χ0n) is 21.0. The molecular formula is C23H42N2O7. The lowest BCUT2D eigenvalue weighted by Crippen LogP contribution is -2.52. The van der Waals surface area contributed by atoms with Crippen LogP contribution in [0.25, 0.3) is 0 Å². The standard InChI is InChI=1S/C23H42N2O7/c1-9-11-12-13-16(19(27)30-10-2)24-21(29)25-17(20(28)32-23(6,7)8)14-15-18(26)31-22(3,4)5/h16-17H,9-15H2,1-8H3,(H2,24,25,29)/t16-,17-/m0/s1. The van der Waals surface area contributed by atoms with Crippen LogP contribution in [0.2, 0.25) is 0 Å². The fourth-order valence-electron chi connectivity index (χ4n) is 2.72. The number of nitrogens with one attached hydrogen (secondary N) is 2. The van der Waals surface area contributed by atoms with Crippen LogP contribution in [0.5, 0.6) is 0 Å². The molecule has 0 aliphatic heterocycles. The molecule has 9 heteroatoms. The molecule has 0 saturated heterocycles. The Hall–Kier alpha value is -2.32. The van der Waals surface area contributed by atoms with E-state index in [1.807, 2.05) is 6.92 Å². The maximum Gasteiger partial charge on any atom is 0.329 e. The van der Waals surface area contributed by atoms with Gasteiger partial charge in [0.2, 0.25) is 0 Å². The van der Waals surface area contributed by atoms with E-state index in [2.05, 4.69) is 10.6 Å². The van der Waals surface area contributed by atoms with Crippen molar-refractivity contribution in [1.82, 2.24) is 10.6 Å². The lowest BCUT2D eigenvalue weighted by molar-refractivity contribution is -0.158. The maximum absolute atomic E-state index is 12.6. The summed E-state index contributed by atoms with van der Waals surface area (Å²) < 4.78 is 15.7. The Bertz CT molecular complexity index is 621. The topological polar surface area (TPSA) is 120 Å². The second-order valence-electron chi connectivity index (χ2n) is 9.63. The molecule has 0 aromatic rings. The molecule has 0 heterocycles. The Morgan fingerprint density at radius 3 is 1.75 bits per heavy atom. The minimum Gasteiger partial charge on any atom is -0.464 e. The average molecular weight is 459 g/mol. The van der Waals surface area contributed by atoms with Gasteiger partial charge in [-0.2, -0.15) is 0 Å². The highest BCUT2D eigenvalue weighted by atomic mass is 16.6. The molecule has 2 atom stereocenters. The third-order valence-corrected chi connectivity index (χ3v) is 4.03. The molecule has 0 bridgehead atoms. The first-order valence-electron chi connectivity index (χ1n) is 11.4. The van der Waals surface area contributed by atoms with Gasteiger partial charge in [-0.3, -0.25) is 4.79 Å². The van der Waals surface area contributed by atoms with Crippen LogP contribution in [-0.2, 0) is 28.6 Å². The summed E-state index contributed by atoms with van der Waals surface area (Å²) >= 11 is 0. The van der Waals surface area contributed by atoms with Gasteiger partial charge >= 0.3 is 23.9 Å². The Morgan fingerprint density at radius 2 is 1.28 bits per heavy atom. The van der Waals surface area contributed by atoms with E-state index in [9.17, 15) is 19.2 Å². The molecule has 0 radical (unpaired) electrons. The number of carbonyl (C=O) groups excluding carboxylic acids is 4. The van der Waals surface area contributed by atoms with Crippen LogP contribution in [0.3, 0.4) is 0 Å². The van der Waals surface area contributed by atoms with E-state index in [-0.39, 0.29) is 19.4 Å². The zero-order valence-corrected chi connectivity index (χ0v) is 21.0. The molecule has 0 aliphatic carbocycles. The number of hydrogen-bond donors (Lipinski definition) is 2. The molecule has 0 unspecified atom stereocenters. The summed E-state index contributed by atoms with van der Waals surface area (Å²) in [4.78, 5) is 49.5. The molecule has 9 nitrogen and oxygen atoms in total. The van der Waals surface area contributed by atoms with Crippen molar-refractivity contribution in [2.24, 2.45) is 0 Å². The van der Waals surface area contributed by atoms with Crippen LogP contribution >= 0.6 is 0 Å². The molecule has 0 spiro atoms. The second-order valence-corrected chi connectivity index (χ2v) is 9.63. The summed E-state index contributed by atoms with van der Waals surface area (Å²) in [5.74, 6) is -1.69. The molecular weight excluding hydrogens is 416 g/mol. The predicted molar refractivity (Wildman–Crippen MR) is 121 cm³/mol. The number of esters is 3. The van der Waals surface area contributed by atoms with Crippen molar-refractivity contribution < 1.29 is 33.4 Å². The van der Waals surface area contributed by atoms with Crippen LogP contribution < -0.4 is 10.6 Å². The summed E-state index contributed by atoms with van der Waals surface area (Å²) in [6, 6.07) is -2.62. The molecule has 0 aliphatic rings. The number of amides is 2. The third kappa shape index (κ3) is 14.6. The van der Waals surface area contributed by atoms with E-state index in [1.54, 1.807) is 48.5 Å². The predicted octanol–water partition coefficient (Wildman–Crippen LogP) is 3.63. The van der Waals surface area contributed by atoms with Crippen molar-refractivity contribution in [2.45, 2.75) is 117 Å². The number of unbranched alkanes of at least 4 members (excludes halogenated alkanes) is 2. The van der Waals surface area contributed by atoms with Gasteiger partial charge in [0.15, 0.2) is 0 Å². The molecule has 0 aromatic carbocycles. The van der Waals surface area contributed by atoms with Crippen LogP contribution in [0.1, 0.15) is 93.9 Å². The smallest absolute Gasteiger partial charge is 0.329 e. The van der Waals surface area contributed by atoms with E-state index in [0.29, 0.717) is 6.42 Å². The fourth-order valence-corrected chi connectivity index (χ4v) is 2.72. The van der Waals surface area contributed by atoms with Crippen LogP contribution in [-0.4, -0.2) is 53.8 Å². The van der Waals surface area contributed by atoms with E-state index in [4.69, 9.17) is 14.2 Å². The van der Waals surface area contributed by atoms with Crippen LogP contribution in [0, 0.1) is 0 Å². The SMILES string of the molecule is CCCCC[C@H](NC(=O)N[C@@H](CCC(=O)OC(C)(C)C)C(=O)OC(C)(C)C)C(=O)OCC. The summed E-state index contributed by atoms with van der Waals surface area (Å²) in [5.41, 5.74) is -1.43. The van der Waals surface area contributed by atoms with E-state index in [1.165, 1.54) is 0 Å². The Kier molecular flexibility index (Phi) is 12.9. The monoisotopic (exact) mass is 458 g/mol. The van der Waals surface area contributed by atoms with Crippen molar-refractivity contribution in [2.75, 3.05) is 6.61 Å². The van der Waals surface area contributed by atoms with Crippen molar-refractivity contribution in [3.05, 3.63) is 0 Å². The number of carbonyl (C=O) groups is 4. The normalized spacial score (nSPS) is 13.5. The van der Waals surface area contributed by atoms with Crippen LogP contribution in [0.15, 0.2) is 0 Å². The highest BCUT2D eigenvalue weighted by molar-refractivity contribution is 5.87. The molecule has 0 rings (SSSR count). The number of ether oxygens (including phenoxy) is 3. The summed E-state index contributed by atoms with van der Waals surface area (Å²) in [6.45, 7) is 14.3. The maximum atomic E-state index is 12.6. The first-order valence-corrected chi connectivity index (χ1v) is 11.4. The number of rotatable bonds is 12. The van der Waals surface area contributed by atoms with Crippen molar-refractivity contribution in [3.8, 4) is 0 Å².